The van der Waals surface area contributed by atoms with E-state index in [1.807, 2.05) is 42.5 Å². The summed E-state index contributed by atoms with van der Waals surface area (Å²) in [5, 5.41) is 23.4. The van der Waals surface area contributed by atoms with E-state index in [9.17, 15) is 77.3 Å². The number of nitrogens with one attached hydrogen (secondary N) is 1. The van der Waals surface area contributed by atoms with Gasteiger partial charge in [-0.25, -0.2) is 56.6 Å². The van der Waals surface area contributed by atoms with Gasteiger partial charge in [0.05, 0.1) is 73.9 Å². The van der Waals surface area contributed by atoms with Crippen molar-refractivity contribution in [3.8, 4) is 0 Å². The number of aromatic nitrogens is 8. The van der Waals surface area contributed by atoms with Crippen molar-refractivity contribution in [2.75, 3.05) is 5.33 Å². The highest BCUT2D eigenvalue weighted by molar-refractivity contribution is 9.11. The van der Waals surface area contributed by atoms with Crippen LogP contribution in [0.4, 0.5) is 0 Å². The second-order valence-corrected chi connectivity index (χ2v) is 46.1. The number of rotatable bonds is 19. The molecule has 8 aromatic heterocycles. The lowest BCUT2D eigenvalue weighted by Crippen LogP contribution is -2.54. The summed E-state index contributed by atoms with van der Waals surface area (Å²) in [6, 6.07) is 35.8. The molecule has 2 atom stereocenters. The number of fused-ring (bicyclic) bond motifs is 4. The molecule has 692 valence electrons. The van der Waals surface area contributed by atoms with E-state index in [1.165, 1.54) is 114 Å². The lowest BCUT2D eigenvalue weighted by molar-refractivity contribution is -0.165. The molecule has 0 radical (unpaired) electrons. The quantitative estimate of drug-likeness (QED) is 0.0293. The summed E-state index contributed by atoms with van der Waals surface area (Å²) in [7, 11) is 0. The van der Waals surface area contributed by atoms with Crippen molar-refractivity contribution in [1.82, 2.24) is 37.0 Å². The molecule has 12 aromatic rings. The van der Waals surface area contributed by atoms with E-state index in [2.05, 4.69) is 84.6 Å². The third-order valence-electron chi connectivity index (χ3n) is 19.9. The first-order chi connectivity index (χ1) is 59.5. The zero-order chi connectivity index (χ0) is 97.2. The molecule has 28 nitrogen and oxygen atoms in total. The lowest BCUT2D eigenvalue weighted by Gasteiger charge is -2.30. The summed E-state index contributed by atoms with van der Waals surface area (Å²) < 4.78 is 32.4. The summed E-state index contributed by atoms with van der Waals surface area (Å²) in [6.45, 7) is 39.3. The highest BCUT2D eigenvalue weighted by atomic mass is 79.9. The van der Waals surface area contributed by atoms with Gasteiger partial charge in [0.2, 0.25) is 0 Å². The zero-order valence-corrected chi connectivity index (χ0v) is 87.1. The topological polar surface area (TPSA) is 367 Å². The Kier molecular flexibility index (Phi) is 33.5. The van der Waals surface area contributed by atoms with E-state index < -0.39 is 126 Å². The van der Waals surface area contributed by atoms with E-state index in [4.69, 9.17) is 18.9 Å². The molecule has 1 unspecified atom stereocenters. The normalized spacial score (nSPS) is 12.6. The first-order valence-electron chi connectivity index (χ1n) is 40.4. The van der Waals surface area contributed by atoms with Crippen LogP contribution in [0.25, 0.3) is 40.9 Å². The van der Waals surface area contributed by atoms with Gasteiger partial charge < -0.3 is 29.2 Å². The van der Waals surface area contributed by atoms with Gasteiger partial charge in [0.1, 0.15) is 63.9 Å². The van der Waals surface area contributed by atoms with Crippen molar-refractivity contribution in [3.63, 3.8) is 0 Å². The van der Waals surface area contributed by atoms with Crippen molar-refractivity contribution >= 4 is 201 Å². The largest absolute Gasteiger partial charge is 0.458 e. The predicted octanol–water partition coefficient (Wildman–Crippen LogP) is 17.6. The minimum absolute atomic E-state index is 0.0730. The van der Waals surface area contributed by atoms with E-state index >= 15 is 0 Å². The Morgan fingerprint density at radius 1 is 0.357 bits per heavy atom. The number of aryl methyl sites for hydroxylation is 4. The molecule has 0 saturated carbocycles. The van der Waals surface area contributed by atoms with Crippen LogP contribution in [-0.2, 0) is 79.9 Å². The number of aliphatic hydroxyl groups is 2. The minimum Gasteiger partial charge on any atom is -0.458 e. The monoisotopic (exact) mass is 2160 g/mol. The number of ether oxygens (including phenoxy) is 4. The molecule has 0 aliphatic rings. The molecule has 3 N–H and O–H groups in total. The van der Waals surface area contributed by atoms with E-state index in [0.717, 1.165) is 33.2 Å². The van der Waals surface area contributed by atoms with Crippen LogP contribution in [-0.4, -0.2) is 110 Å². The minimum atomic E-state index is -1.59. The Bertz CT molecular complexity index is 6600. The lowest BCUT2D eigenvalue weighted by atomic mass is 10.0. The van der Waals surface area contributed by atoms with Crippen molar-refractivity contribution in [2.45, 2.75) is 243 Å². The standard InChI is InChI=1S/2C23H27BrN2O5S.C23H25BrN2O5S.C15H19BrN2O4S.C8H7BrO/c3*1-13-16-18(28)26(23(5,6)20(29)31-22(2,3)4)21(30)25(19(16)32-17(13)24)12-15(27)14-10-8-7-9-11-14;1-7-8-10(23-9(7)16)17-13(21)18(11(8)19)15(5,6)12(20)22-14(2,3)4;9-6-8(10)7-4-2-1-3-5-7/h2*7-11,15,27H,12H2,1-6H3;7-11H,12H2,1-6H3;1-6H3,(H,17,21);1-5H,6H2/t15-;;;;/m0..../s1. The number of hydrogen-bond acceptors (Lipinski definition) is 24. The van der Waals surface area contributed by atoms with Gasteiger partial charge in [0, 0.05) is 11.1 Å². The zero-order valence-electron chi connectivity index (χ0n) is 75.9. The molecule has 0 bridgehead atoms. The number of thiophene rings is 4. The number of alkyl halides is 1. The Labute approximate surface area is 801 Å². The number of nitrogens with zero attached hydrogens (tertiary/aromatic N) is 7. The molecule has 0 aliphatic carbocycles. The Morgan fingerprint density at radius 2 is 0.605 bits per heavy atom. The van der Waals surface area contributed by atoms with E-state index in [0.29, 0.717) is 90.9 Å². The van der Waals surface area contributed by atoms with Gasteiger partial charge in [-0.1, -0.05) is 137 Å². The van der Waals surface area contributed by atoms with Gasteiger partial charge in [0.25, 0.3) is 22.2 Å². The SMILES string of the molecule is Cc1c(Br)sc2[nH]c(=O)n(C(C)(C)C(=O)OC(C)(C)C)c(=O)c12.Cc1c(Br)sc2c1c(=O)n(C(C)(C)C(=O)OC(C)(C)C)c(=O)n2CC(=O)c1ccccc1.Cc1c(Br)sc2c1c(=O)n(C(C)(C)C(=O)OC(C)(C)C)c(=O)n2CC(O)c1ccccc1.Cc1c(Br)sc2c1c(=O)n(C(C)(C)C(=O)OC(C)(C)C)c(=O)n2C[C@H](O)c1ccccc1.O=C(CBr)c1ccccc1. The molecule has 129 heavy (non-hydrogen) atoms. The third kappa shape index (κ3) is 23.9. The van der Waals surface area contributed by atoms with Crippen molar-refractivity contribution in [2.24, 2.45) is 0 Å². The maximum Gasteiger partial charge on any atom is 0.333 e. The summed E-state index contributed by atoms with van der Waals surface area (Å²) in [5.74, 6) is -2.88. The van der Waals surface area contributed by atoms with E-state index in [-0.39, 0.29) is 31.2 Å². The number of H-pyrrole nitrogens is 1. The molecule has 0 amide bonds. The second-order valence-electron chi connectivity index (χ2n) is 36.2. The van der Waals surface area contributed by atoms with Crippen LogP contribution in [0.15, 0.2) is 175 Å². The molecule has 37 heteroatoms. The molecule has 4 aromatic carbocycles. The Hall–Kier alpha value is -9.02. The number of esters is 4. The smallest absolute Gasteiger partial charge is 0.333 e. The number of hydrogen-bond donors (Lipinski definition) is 3. The first-order valence-corrected chi connectivity index (χ1v) is 47.9. The van der Waals surface area contributed by atoms with Gasteiger partial charge in [0.15, 0.2) is 11.6 Å². The molecular formula is C92H105Br5N8O20S4. The summed E-state index contributed by atoms with van der Waals surface area (Å²) in [5.41, 5.74) is -8.95. The van der Waals surface area contributed by atoms with Gasteiger partial charge >= 0.3 is 46.6 Å². The van der Waals surface area contributed by atoms with Crippen LogP contribution in [0.1, 0.15) is 205 Å². The third-order valence-corrected chi connectivity index (χ3v) is 29.1. The first kappa shape index (κ1) is 105. The summed E-state index contributed by atoms with van der Waals surface area (Å²) >= 11 is 21.8. The number of carbonyl (C=O) groups excluding carboxylic acids is 6. The van der Waals surface area contributed by atoms with Crippen LogP contribution in [0.2, 0.25) is 0 Å². The number of aromatic amines is 1. The predicted molar refractivity (Wildman–Crippen MR) is 526 cm³/mol. The van der Waals surface area contributed by atoms with Crippen molar-refractivity contribution in [1.29, 1.82) is 0 Å². The summed E-state index contributed by atoms with van der Waals surface area (Å²) in [6.07, 6.45) is -1.96. The highest BCUT2D eigenvalue weighted by Crippen LogP contribution is 2.38. The Balaban J connectivity index is 0.000000206. The van der Waals surface area contributed by atoms with E-state index in [1.54, 1.807) is 190 Å². The molecule has 12 rings (SSSR count). The van der Waals surface area contributed by atoms with Crippen LogP contribution in [0.3, 0.4) is 0 Å². The molecule has 0 saturated heterocycles. The number of carbonyl (C=O) groups is 6. The number of ketones is 2. The number of benzene rings is 4. The molecule has 0 fully saturated rings. The summed E-state index contributed by atoms with van der Waals surface area (Å²) in [4.78, 5) is 186. The molecule has 0 aliphatic heterocycles. The van der Waals surface area contributed by atoms with Gasteiger partial charge in [-0.2, -0.15) is 0 Å². The van der Waals surface area contributed by atoms with Gasteiger partial charge in [-0.15, -0.1) is 45.3 Å². The fourth-order valence-corrected chi connectivity index (χ4v) is 20.0. The maximum atomic E-state index is 13.6. The Morgan fingerprint density at radius 3 is 0.899 bits per heavy atom. The maximum absolute atomic E-state index is 13.6. The fraction of sp³-hybridized carbons (Fsp3) is 0.413. The fourth-order valence-electron chi connectivity index (χ4n) is 13.0. The van der Waals surface area contributed by atoms with Crippen molar-refractivity contribution in [3.05, 3.63) is 264 Å². The number of halogens is 5. The van der Waals surface area contributed by atoms with Crippen LogP contribution in [0, 0.1) is 27.7 Å². The van der Waals surface area contributed by atoms with Crippen LogP contribution < -0.4 is 45.0 Å². The number of aliphatic hydroxyl groups excluding tert-OH is 2. The van der Waals surface area contributed by atoms with Crippen LogP contribution >= 0.6 is 125 Å². The van der Waals surface area contributed by atoms with Gasteiger partial charge in [-0.3, -0.25) is 47.5 Å². The molecule has 8 heterocycles. The average Bonchev–Trinajstić information content (AvgIpc) is 1.73. The molecular weight excluding hydrogens is 2060 g/mol. The highest BCUT2D eigenvalue weighted by Gasteiger charge is 2.44. The molecule has 0 spiro atoms. The second kappa shape index (κ2) is 41.0. The number of Topliss-reactive ketones (excluding diaryl/α,β-unsaturated/α-hetero) is 2. The van der Waals surface area contributed by atoms with Crippen LogP contribution in [0.5, 0.6) is 0 Å². The van der Waals surface area contributed by atoms with Crippen molar-refractivity contribution < 1.29 is 57.9 Å². The average molecular weight is 2170 g/mol. The van der Waals surface area contributed by atoms with Gasteiger partial charge in [-0.05, 0) is 263 Å².